The van der Waals surface area contributed by atoms with E-state index in [2.05, 4.69) is 29.4 Å². The van der Waals surface area contributed by atoms with E-state index in [1.807, 2.05) is 6.08 Å². The number of terminal acetylenes is 1. The number of hydrogen-bond acceptors (Lipinski definition) is 1. The van der Waals surface area contributed by atoms with Gasteiger partial charge >= 0.3 is 0 Å². The number of allylic oxidation sites excluding steroid dienone is 1. The predicted octanol–water partition coefficient (Wildman–Crippen LogP) is 1.64. The van der Waals surface area contributed by atoms with Gasteiger partial charge in [-0.1, -0.05) is 18.4 Å². The van der Waals surface area contributed by atoms with Crippen molar-refractivity contribution < 1.29 is 0 Å². The lowest BCUT2D eigenvalue weighted by molar-refractivity contribution is 1.06. The third kappa shape index (κ3) is 2.54. The van der Waals surface area contributed by atoms with Crippen LogP contribution in [0.3, 0.4) is 0 Å². The maximum Gasteiger partial charge on any atom is 0.197 e. The molecular weight excluding hydrogens is 160 g/mol. The van der Waals surface area contributed by atoms with Crippen LogP contribution in [0.5, 0.6) is 0 Å². The fourth-order valence-corrected chi connectivity index (χ4v) is 0.816. The predicted molar refractivity (Wildman–Crippen MR) is 52.8 cm³/mol. The molecule has 0 bridgehead atoms. The van der Waals surface area contributed by atoms with Gasteiger partial charge in [0, 0.05) is 24.9 Å². The summed E-state index contributed by atoms with van der Waals surface area (Å²) in [6.07, 6.45) is 12.1. The van der Waals surface area contributed by atoms with E-state index in [1.54, 1.807) is 17.0 Å². The van der Waals surface area contributed by atoms with Crippen LogP contribution in [0.1, 0.15) is 18.7 Å². The second-order valence-corrected chi connectivity index (χ2v) is 2.38. The van der Waals surface area contributed by atoms with Crippen LogP contribution in [0.15, 0.2) is 25.0 Å². The minimum atomic E-state index is 0.617. The van der Waals surface area contributed by atoms with Gasteiger partial charge in [0.15, 0.2) is 5.82 Å². The largest absolute Gasteiger partial charge is 0.252 e. The SMILES string of the molecule is C#Cn1ccnc1C#CCCC=C. The number of imidazole rings is 1. The molecule has 0 amide bonds. The highest BCUT2D eigenvalue weighted by Crippen LogP contribution is 1.93. The summed E-state index contributed by atoms with van der Waals surface area (Å²) in [6, 6.07) is 2.45. The summed E-state index contributed by atoms with van der Waals surface area (Å²) in [5, 5.41) is 0. The van der Waals surface area contributed by atoms with Crippen LogP contribution in [-0.2, 0) is 0 Å². The monoisotopic (exact) mass is 170 g/mol. The standard InChI is InChI=1S/C11H10N2/c1-3-5-6-7-8-11-12-9-10-13(11)4-2/h2-3,9-10H,1,5-6H2. The highest BCUT2D eigenvalue weighted by atomic mass is 15.0. The molecule has 1 rings (SSSR count). The van der Waals surface area contributed by atoms with Crippen molar-refractivity contribution >= 4 is 0 Å². The van der Waals surface area contributed by atoms with E-state index in [0.29, 0.717) is 5.82 Å². The van der Waals surface area contributed by atoms with Crippen molar-refractivity contribution in [3.63, 3.8) is 0 Å². The lowest BCUT2D eigenvalue weighted by Crippen LogP contribution is -1.90. The van der Waals surface area contributed by atoms with E-state index in [9.17, 15) is 0 Å². The van der Waals surface area contributed by atoms with E-state index in [4.69, 9.17) is 6.42 Å². The molecule has 0 saturated heterocycles. The normalized spacial score (nSPS) is 8.23. The van der Waals surface area contributed by atoms with Gasteiger partial charge in [0.1, 0.15) is 0 Å². The molecule has 1 aromatic heterocycles. The van der Waals surface area contributed by atoms with Crippen molar-refractivity contribution in [3.8, 4) is 24.3 Å². The second kappa shape index (κ2) is 4.85. The average Bonchev–Trinajstić information content (AvgIpc) is 2.60. The van der Waals surface area contributed by atoms with Gasteiger partial charge in [-0.05, 0) is 12.3 Å². The molecule has 13 heavy (non-hydrogen) atoms. The van der Waals surface area contributed by atoms with Crippen molar-refractivity contribution in [2.75, 3.05) is 0 Å². The Labute approximate surface area is 78.3 Å². The molecule has 0 fully saturated rings. The average molecular weight is 170 g/mol. The summed E-state index contributed by atoms with van der Waals surface area (Å²) in [7, 11) is 0. The van der Waals surface area contributed by atoms with Gasteiger partial charge in [0.25, 0.3) is 0 Å². The van der Waals surface area contributed by atoms with Gasteiger partial charge in [0.05, 0.1) is 0 Å². The van der Waals surface area contributed by atoms with Crippen LogP contribution in [0.4, 0.5) is 0 Å². The number of aromatic nitrogens is 2. The summed E-state index contributed by atoms with van der Waals surface area (Å²) in [4.78, 5) is 4.01. The quantitative estimate of drug-likeness (QED) is 0.375. The molecule has 2 nitrogen and oxygen atoms in total. The van der Waals surface area contributed by atoms with Crippen molar-refractivity contribution in [2.24, 2.45) is 0 Å². The Morgan fingerprint density at radius 1 is 1.69 bits per heavy atom. The summed E-state index contributed by atoms with van der Waals surface area (Å²) < 4.78 is 1.56. The van der Waals surface area contributed by atoms with Gasteiger partial charge in [-0.3, -0.25) is 4.57 Å². The zero-order valence-corrected chi connectivity index (χ0v) is 7.33. The molecule has 1 aromatic rings. The first-order valence-corrected chi connectivity index (χ1v) is 3.98. The Morgan fingerprint density at radius 3 is 3.23 bits per heavy atom. The fraction of sp³-hybridized carbons (Fsp3) is 0.182. The van der Waals surface area contributed by atoms with Crippen molar-refractivity contribution in [1.29, 1.82) is 0 Å². The van der Waals surface area contributed by atoms with Gasteiger partial charge in [-0.2, -0.15) is 0 Å². The maximum atomic E-state index is 5.21. The molecule has 0 spiro atoms. The van der Waals surface area contributed by atoms with Crippen LogP contribution < -0.4 is 0 Å². The summed E-state index contributed by atoms with van der Waals surface area (Å²) in [6.45, 7) is 3.61. The number of nitrogens with zero attached hydrogens (tertiary/aromatic N) is 2. The van der Waals surface area contributed by atoms with Gasteiger partial charge in [-0.25, -0.2) is 4.98 Å². The van der Waals surface area contributed by atoms with E-state index in [1.165, 1.54) is 0 Å². The smallest absolute Gasteiger partial charge is 0.197 e. The lowest BCUT2D eigenvalue weighted by Gasteiger charge is -1.87. The molecule has 0 aliphatic carbocycles. The minimum absolute atomic E-state index is 0.617. The van der Waals surface area contributed by atoms with E-state index >= 15 is 0 Å². The van der Waals surface area contributed by atoms with Crippen LogP contribution in [0.2, 0.25) is 0 Å². The van der Waals surface area contributed by atoms with Gasteiger partial charge in [0.2, 0.25) is 0 Å². The maximum absolute atomic E-state index is 5.21. The van der Waals surface area contributed by atoms with Crippen molar-refractivity contribution in [1.82, 2.24) is 9.55 Å². The Morgan fingerprint density at radius 2 is 2.54 bits per heavy atom. The van der Waals surface area contributed by atoms with Crippen LogP contribution in [0, 0.1) is 24.3 Å². The van der Waals surface area contributed by atoms with E-state index in [-0.39, 0.29) is 0 Å². The molecule has 0 aliphatic rings. The van der Waals surface area contributed by atoms with Crippen molar-refractivity contribution in [3.05, 3.63) is 30.9 Å². The molecule has 1 heterocycles. The second-order valence-electron chi connectivity index (χ2n) is 2.38. The zero-order valence-electron chi connectivity index (χ0n) is 7.33. The molecule has 2 heteroatoms. The fourth-order valence-electron chi connectivity index (χ4n) is 0.816. The Kier molecular flexibility index (Phi) is 3.42. The molecule has 0 saturated carbocycles. The highest BCUT2D eigenvalue weighted by molar-refractivity contribution is 5.24. The third-order valence-electron chi connectivity index (χ3n) is 1.45. The molecule has 0 N–H and O–H groups in total. The number of rotatable bonds is 2. The topological polar surface area (TPSA) is 17.8 Å². The van der Waals surface area contributed by atoms with E-state index < -0.39 is 0 Å². The molecular formula is C11H10N2. The summed E-state index contributed by atoms with van der Waals surface area (Å²) in [5.74, 6) is 6.47. The van der Waals surface area contributed by atoms with Gasteiger partial charge in [-0.15, -0.1) is 6.58 Å². The molecule has 64 valence electrons. The van der Waals surface area contributed by atoms with Crippen LogP contribution in [-0.4, -0.2) is 9.55 Å². The first kappa shape index (κ1) is 9.16. The zero-order chi connectivity index (χ0) is 9.52. The highest BCUT2D eigenvalue weighted by Gasteiger charge is 1.92. The molecule has 0 aliphatic heterocycles. The molecule has 0 atom stereocenters. The first-order chi connectivity index (χ1) is 6.38. The Hall–Kier alpha value is -1.93. The van der Waals surface area contributed by atoms with Crippen LogP contribution in [0.25, 0.3) is 0 Å². The Balaban J connectivity index is 2.66. The third-order valence-corrected chi connectivity index (χ3v) is 1.45. The van der Waals surface area contributed by atoms with Gasteiger partial charge < -0.3 is 0 Å². The summed E-state index contributed by atoms with van der Waals surface area (Å²) in [5.41, 5.74) is 0. The Bertz CT molecular complexity index is 382. The molecule has 0 unspecified atom stereocenters. The minimum Gasteiger partial charge on any atom is -0.252 e. The number of hydrogen-bond donors (Lipinski definition) is 0. The van der Waals surface area contributed by atoms with Crippen molar-refractivity contribution in [2.45, 2.75) is 12.8 Å². The molecule has 0 aromatic carbocycles. The number of unbranched alkanes of at least 4 members (excludes halogenated alkanes) is 1. The van der Waals surface area contributed by atoms with E-state index in [0.717, 1.165) is 12.8 Å². The van der Waals surface area contributed by atoms with Crippen LogP contribution >= 0.6 is 0 Å². The first-order valence-electron chi connectivity index (χ1n) is 3.98. The lowest BCUT2D eigenvalue weighted by atomic mass is 10.3. The molecule has 0 radical (unpaired) electrons. The summed E-state index contributed by atoms with van der Waals surface area (Å²) >= 11 is 0.